The molecule has 2 rings (SSSR count). The van der Waals surface area contributed by atoms with Crippen LogP contribution in [0.5, 0.6) is 0 Å². The Kier molecular flexibility index (Phi) is 4.43. The van der Waals surface area contributed by atoms with Gasteiger partial charge in [-0.15, -0.1) is 0 Å². The average molecular weight is 293 g/mol. The standard InChI is InChI=1S/C14H19N3O2S/c1-11-5-4-7-13(10-16)17(11)20(18,19)14-8-3-2-6-12(14)9-15/h2-3,6,8,11,13H,4-5,7,10,16H2,1H3. The molecule has 1 fully saturated rings. The third-order valence-corrected chi connectivity index (χ3v) is 5.91. The van der Waals surface area contributed by atoms with E-state index >= 15 is 0 Å². The molecule has 0 amide bonds. The van der Waals surface area contributed by atoms with Gasteiger partial charge < -0.3 is 5.73 Å². The highest BCUT2D eigenvalue weighted by molar-refractivity contribution is 7.89. The molecule has 2 atom stereocenters. The summed E-state index contributed by atoms with van der Waals surface area (Å²) in [6, 6.07) is 8.00. The van der Waals surface area contributed by atoms with Crippen molar-refractivity contribution in [1.82, 2.24) is 4.31 Å². The summed E-state index contributed by atoms with van der Waals surface area (Å²) in [6.07, 6.45) is 2.58. The molecule has 108 valence electrons. The second-order valence-corrected chi connectivity index (χ2v) is 6.92. The first-order valence-electron chi connectivity index (χ1n) is 6.75. The van der Waals surface area contributed by atoms with Crippen LogP contribution in [0, 0.1) is 11.3 Å². The molecule has 0 aromatic heterocycles. The van der Waals surface area contributed by atoms with Crippen LogP contribution in [0.4, 0.5) is 0 Å². The number of nitrogens with two attached hydrogens (primary N) is 1. The molecule has 6 heteroatoms. The molecule has 1 aromatic rings. The van der Waals surface area contributed by atoms with E-state index in [9.17, 15) is 8.42 Å². The first kappa shape index (κ1) is 15.0. The highest BCUT2D eigenvalue weighted by Gasteiger charge is 2.38. The third-order valence-electron chi connectivity index (χ3n) is 3.79. The monoisotopic (exact) mass is 293 g/mol. The SMILES string of the molecule is CC1CCCC(CN)N1S(=O)(=O)c1ccccc1C#N. The molecule has 1 saturated heterocycles. The van der Waals surface area contributed by atoms with Gasteiger partial charge in [-0.05, 0) is 31.9 Å². The molecule has 1 aliphatic heterocycles. The van der Waals surface area contributed by atoms with Crippen molar-refractivity contribution in [2.75, 3.05) is 6.54 Å². The number of nitrogens with zero attached hydrogens (tertiary/aromatic N) is 2. The van der Waals surface area contributed by atoms with Crippen molar-refractivity contribution >= 4 is 10.0 Å². The minimum absolute atomic E-state index is 0.0784. The van der Waals surface area contributed by atoms with Crippen LogP contribution in [-0.2, 0) is 10.0 Å². The fraction of sp³-hybridized carbons (Fsp3) is 0.500. The van der Waals surface area contributed by atoms with Crippen molar-refractivity contribution < 1.29 is 8.42 Å². The van der Waals surface area contributed by atoms with Crippen LogP contribution in [0.25, 0.3) is 0 Å². The number of hydrogen-bond donors (Lipinski definition) is 1. The molecular weight excluding hydrogens is 274 g/mol. The summed E-state index contributed by atoms with van der Waals surface area (Å²) < 4.78 is 27.2. The Balaban J connectivity index is 2.50. The summed E-state index contributed by atoms with van der Waals surface area (Å²) in [5.74, 6) is 0. The zero-order valence-electron chi connectivity index (χ0n) is 11.5. The molecule has 1 aliphatic rings. The van der Waals surface area contributed by atoms with Crippen LogP contribution in [0.3, 0.4) is 0 Å². The molecule has 0 saturated carbocycles. The van der Waals surface area contributed by atoms with E-state index in [4.69, 9.17) is 11.0 Å². The van der Waals surface area contributed by atoms with E-state index < -0.39 is 10.0 Å². The smallest absolute Gasteiger partial charge is 0.244 e. The van der Waals surface area contributed by atoms with Crippen molar-refractivity contribution in [3.8, 4) is 6.07 Å². The predicted molar refractivity (Wildman–Crippen MR) is 76.3 cm³/mol. The second-order valence-electron chi connectivity index (χ2n) is 5.11. The number of rotatable bonds is 3. The van der Waals surface area contributed by atoms with Gasteiger partial charge in [0.15, 0.2) is 0 Å². The van der Waals surface area contributed by atoms with Crippen molar-refractivity contribution in [2.24, 2.45) is 5.73 Å². The first-order valence-corrected chi connectivity index (χ1v) is 8.19. The zero-order valence-corrected chi connectivity index (χ0v) is 12.3. The Hall–Kier alpha value is -1.42. The van der Waals surface area contributed by atoms with Gasteiger partial charge in [-0.2, -0.15) is 9.57 Å². The van der Waals surface area contributed by atoms with E-state index in [1.54, 1.807) is 12.1 Å². The van der Waals surface area contributed by atoms with Crippen LogP contribution in [0.15, 0.2) is 29.2 Å². The van der Waals surface area contributed by atoms with Gasteiger partial charge in [0, 0.05) is 18.6 Å². The molecule has 20 heavy (non-hydrogen) atoms. The first-order chi connectivity index (χ1) is 9.52. The number of sulfonamides is 1. The Morgan fingerprint density at radius 1 is 1.40 bits per heavy atom. The van der Waals surface area contributed by atoms with Crippen molar-refractivity contribution in [3.63, 3.8) is 0 Å². The number of nitriles is 1. The van der Waals surface area contributed by atoms with Crippen molar-refractivity contribution in [1.29, 1.82) is 5.26 Å². The average Bonchev–Trinajstić information content (AvgIpc) is 2.46. The molecule has 0 spiro atoms. The van der Waals surface area contributed by atoms with Crippen LogP contribution in [-0.4, -0.2) is 31.4 Å². The topological polar surface area (TPSA) is 87.2 Å². The summed E-state index contributed by atoms with van der Waals surface area (Å²) in [7, 11) is -3.68. The van der Waals surface area contributed by atoms with E-state index in [1.165, 1.54) is 16.4 Å². The van der Waals surface area contributed by atoms with Crippen LogP contribution in [0.1, 0.15) is 31.7 Å². The maximum absolute atomic E-state index is 12.9. The molecule has 1 heterocycles. The molecule has 1 aromatic carbocycles. The van der Waals surface area contributed by atoms with Gasteiger partial charge in [-0.1, -0.05) is 18.6 Å². The van der Waals surface area contributed by atoms with Crippen molar-refractivity contribution in [3.05, 3.63) is 29.8 Å². The van der Waals surface area contributed by atoms with Crippen LogP contribution in [0.2, 0.25) is 0 Å². The van der Waals surface area contributed by atoms with Gasteiger partial charge in [0.1, 0.15) is 6.07 Å². The lowest BCUT2D eigenvalue weighted by Gasteiger charge is -2.39. The molecule has 0 bridgehead atoms. The molecule has 2 unspecified atom stereocenters. The lowest BCUT2D eigenvalue weighted by atomic mass is 10.00. The lowest BCUT2D eigenvalue weighted by Crippen LogP contribution is -2.51. The fourth-order valence-corrected chi connectivity index (χ4v) is 4.85. The number of hydrogen-bond acceptors (Lipinski definition) is 4. The molecule has 0 radical (unpaired) electrons. The summed E-state index contributed by atoms with van der Waals surface area (Å²) >= 11 is 0. The number of piperidine rings is 1. The van der Waals surface area contributed by atoms with Crippen molar-refractivity contribution in [2.45, 2.75) is 43.2 Å². The van der Waals surface area contributed by atoms with Gasteiger partial charge in [-0.25, -0.2) is 8.42 Å². The Labute approximate surface area is 120 Å². The fourth-order valence-electron chi connectivity index (χ4n) is 2.82. The van der Waals surface area contributed by atoms with E-state index in [0.717, 1.165) is 19.3 Å². The highest BCUT2D eigenvalue weighted by atomic mass is 32.2. The Morgan fingerprint density at radius 2 is 2.10 bits per heavy atom. The Morgan fingerprint density at radius 3 is 2.75 bits per heavy atom. The van der Waals surface area contributed by atoms with Gasteiger partial charge in [0.25, 0.3) is 0 Å². The van der Waals surface area contributed by atoms with Crippen LogP contribution < -0.4 is 5.73 Å². The van der Waals surface area contributed by atoms with Gasteiger partial charge in [0.2, 0.25) is 10.0 Å². The molecule has 0 aliphatic carbocycles. The van der Waals surface area contributed by atoms with E-state index in [0.29, 0.717) is 6.54 Å². The van der Waals surface area contributed by atoms with E-state index in [-0.39, 0.29) is 22.5 Å². The summed E-state index contributed by atoms with van der Waals surface area (Å²) in [6.45, 7) is 2.20. The Bertz CT molecular complexity index is 622. The summed E-state index contributed by atoms with van der Waals surface area (Å²) in [5.41, 5.74) is 5.91. The predicted octanol–water partition coefficient (Wildman–Crippen LogP) is 1.45. The normalized spacial score (nSPS) is 24.2. The molecule has 2 N–H and O–H groups in total. The largest absolute Gasteiger partial charge is 0.329 e. The molecular formula is C14H19N3O2S. The zero-order chi connectivity index (χ0) is 14.8. The highest BCUT2D eigenvalue weighted by Crippen LogP contribution is 2.30. The van der Waals surface area contributed by atoms with Gasteiger partial charge in [0.05, 0.1) is 10.5 Å². The van der Waals surface area contributed by atoms with E-state index in [1.807, 2.05) is 13.0 Å². The minimum Gasteiger partial charge on any atom is -0.329 e. The lowest BCUT2D eigenvalue weighted by molar-refractivity contribution is 0.196. The quantitative estimate of drug-likeness (QED) is 0.913. The summed E-state index contributed by atoms with van der Waals surface area (Å²) in [4.78, 5) is 0.0784. The third kappa shape index (κ3) is 2.57. The minimum atomic E-state index is -3.68. The molecule has 5 nitrogen and oxygen atoms in total. The maximum Gasteiger partial charge on any atom is 0.244 e. The number of benzene rings is 1. The maximum atomic E-state index is 12.9. The van der Waals surface area contributed by atoms with E-state index in [2.05, 4.69) is 0 Å². The second kappa shape index (κ2) is 5.92. The van der Waals surface area contributed by atoms with Gasteiger partial charge >= 0.3 is 0 Å². The summed E-state index contributed by atoms with van der Waals surface area (Å²) in [5, 5.41) is 9.11. The van der Waals surface area contributed by atoms with Gasteiger partial charge in [-0.3, -0.25) is 0 Å². The van der Waals surface area contributed by atoms with Crippen LogP contribution >= 0.6 is 0 Å².